The first kappa shape index (κ1) is 16.0. The number of benzene rings is 2. The lowest BCUT2D eigenvalue weighted by Gasteiger charge is -2.34. The van der Waals surface area contributed by atoms with Crippen molar-refractivity contribution in [3.63, 3.8) is 0 Å². The maximum absolute atomic E-state index is 12.6. The van der Waals surface area contributed by atoms with Crippen LogP contribution in [-0.4, -0.2) is 42.4 Å². The van der Waals surface area contributed by atoms with Crippen LogP contribution in [0.5, 0.6) is 11.5 Å². The highest BCUT2D eigenvalue weighted by Crippen LogP contribution is 2.22. The molecule has 0 spiro atoms. The Bertz CT molecular complexity index is 716. The Labute approximate surface area is 140 Å². The lowest BCUT2D eigenvalue weighted by molar-refractivity contribution is -0.122. The van der Waals surface area contributed by atoms with Gasteiger partial charge in [-0.25, -0.2) is 0 Å². The maximum atomic E-state index is 12.6. The number of nitrogens with one attached hydrogen (secondary N) is 1. The average molecular weight is 325 g/mol. The molecule has 2 amide bonds. The predicted octanol–water partition coefficient (Wildman–Crippen LogP) is 1.38. The standard InChI is InChI=1S/C18H19N3O3/c19-17(22)16-12-20-10-11-21(16)18(23)13-6-8-15(9-7-13)24-14-4-2-1-3-5-14/h1-9,16,20H,10-12H2,(H2,19,22). The monoisotopic (exact) mass is 325 g/mol. The van der Waals surface area contributed by atoms with Crippen molar-refractivity contribution in [2.45, 2.75) is 6.04 Å². The minimum atomic E-state index is -0.619. The number of carbonyl (C=O) groups is 2. The number of hydrogen-bond donors (Lipinski definition) is 2. The van der Waals surface area contributed by atoms with Crippen molar-refractivity contribution in [3.8, 4) is 11.5 Å². The number of carbonyl (C=O) groups excluding carboxylic acids is 2. The first-order valence-corrected chi connectivity index (χ1v) is 7.79. The van der Waals surface area contributed by atoms with Crippen molar-refractivity contribution in [1.82, 2.24) is 10.2 Å². The van der Waals surface area contributed by atoms with Crippen molar-refractivity contribution in [2.75, 3.05) is 19.6 Å². The number of nitrogens with zero attached hydrogens (tertiary/aromatic N) is 1. The number of primary amides is 1. The molecule has 0 aliphatic carbocycles. The van der Waals surface area contributed by atoms with Gasteiger partial charge in [-0.05, 0) is 36.4 Å². The van der Waals surface area contributed by atoms with Gasteiger partial charge in [-0.2, -0.15) is 0 Å². The molecule has 0 radical (unpaired) electrons. The van der Waals surface area contributed by atoms with E-state index < -0.39 is 11.9 Å². The fraction of sp³-hybridized carbons (Fsp3) is 0.222. The molecule has 2 aromatic rings. The fourth-order valence-electron chi connectivity index (χ4n) is 2.66. The van der Waals surface area contributed by atoms with Gasteiger partial charge in [0.15, 0.2) is 0 Å². The van der Waals surface area contributed by atoms with Crippen molar-refractivity contribution < 1.29 is 14.3 Å². The molecule has 2 aromatic carbocycles. The van der Waals surface area contributed by atoms with Crippen LogP contribution in [0, 0.1) is 0 Å². The van der Waals surface area contributed by atoms with E-state index in [2.05, 4.69) is 5.32 Å². The highest BCUT2D eigenvalue weighted by molar-refractivity contribution is 5.97. The van der Waals surface area contributed by atoms with E-state index in [4.69, 9.17) is 10.5 Å². The summed E-state index contributed by atoms with van der Waals surface area (Å²) in [6.45, 7) is 1.48. The Balaban J connectivity index is 1.72. The van der Waals surface area contributed by atoms with Crippen molar-refractivity contribution in [2.24, 2.45) is 5.73 Å². The molecule has 1 saturated heterocycles. The van der Waals surface area contributed by atoms with Gasteiger partial charge in [0.25, 0.3) is 5.91 Å². The Morgan fingerprint density at radius 2 is 1.71 bits per heavy atom. The van der Waals surface area contributed by atoms with Gasteiger partial charge in [0.1, 0.15) is 17.5 Å². The summed E-state index contributed by atoms with van der Waals surface area (Å²) >= 11 is 0. The smallest absolute Gasteiger partial charge is 0.254 e. The van der Waals surface area contributed by atoms with E-state index >= 15 is 0 Å². The highest BCUT2D eigenvalue weighted by atomic mass is 16.5. The van der Waals surface area contributed by atoms with Crippen LogP contribution in [0.3, 0.4) is 0 Å². The minimum absolute atomic E-state index is 0.202. The van der Waals surface area contributed by atoms with Gasteiger partial charge in [0.05, 0.1) is 0 Å². The van der Waals surface area contributed by atoms with Crippen molar-refractivity contribution in [1.29, 1.82) is 0 Å². The third kappa shape index (κ3) is 3.55. The van der Waals surface area contributed by atoms with E-state index in [0.717, 1.165) is 5.75 Å². The van der Waals surface area contributed by atoms with Gasteiger partial charge in [0.2, 0.25) is 5.91 Å². The quantitative estimate of drug-likeness (QED) is 0.889. The van der Waals surface area contributed by atoms with Crippen LogP contribution in [0.2, 0.25) is 0 Å². The lowest BCUT2D eigenvalue weighted by atomic mass is 10.1. The fourth-order valence-corrected chi connectivity index (χ4v) is 2.66. The normalized spacial score (nSPS) is 17.3. The van der Waals surface area contributed by atoms with Crippen LogP contribution in [0.1, 0.15) is 10.4 Å². The summed E-state index contributed by atoms with van der Waals surface area (Å²) in [6, 6.07) is 15.7. The Morgan fingerprint density at radius 3 is 2.38 bits per heavy atom. The highest BCUT2D eigenvalue weighted by Gasteiger charge is 2.31. The maximum Gasteiger partial charge on any atom is 0.254 e. The second-order valence-electron chi connectivity index (χ2n) is 5.56. The molecular formula is C18H19N3O3. The van der Waals surface area contributed by atoms with Crippen molar-refractivity contribution in [3.05, 3.63) is 60.2 Å². The zero-order chi connectivity index (χ0) is 16.9. The largest absolute Gasteiger partial charge is 0.457 e. The summed E-state index contributed by atoms with van der Waals surface area (Å²) in [5, 5.41) is 3.07. The summed E-state index contributed by atoms with van der Waals surface area (Å²) in [6.07, 6.45) is 0. The zero-order valence-corrected chi connectivity index (χ0v) is 13.1. The topological polar surface area (TPSA) is 84.7 Å². The van der Waals surface area contributed by atoms with E-state index in [1.807, 2.05) is 30.3 Å². The molecule has 6 nitrogen and oxygen atoms in total. The molecule has 1 heterocycles. The average Bonchev–Trinajstić information content (AvgIpc) is 2.62. The van der Waals surface area contributed by atoms with Crippen LogP contribution in [0.25, 0.3) is 0 Å². The number of amides is 2. The number of rotatable bonds is 4. The molecule has 24 heavy (non-hydrogen) atoms. The molecule has 0 saturated carbocycles. The van der Waals surface area contributed by atoms with Gasteiger partial charge < -0.3 is 20.7 Å². The van der Waals surface area contributed by atoms with Gasteiger partial charge >= 0.3 is 0 Å². The van der Waals surface area contributed by atoms with E-state index in [0.29, 0.717) is 30.9 Å². The third-order valence-corrected chi connectivity index (χ3v) is 3.91. The number of ether oxygens (including phenoxy) is 1. The molecule has 1 unspecified atom stereocenters. The van der Waals surface area contributed by atoms with Crippen LogP contribution in [0.4, 0.5) is 0 Å². The molecule has 6 heteroatoms. The molecule has 0 aromatic heterocycles. The third-order valence-electron chi connectivity index (χ3n) is 3.91. The predicted molar refractivity (Wildman–Crippen MR) is 89.8 cm³/mol. The SMILES string of the molecule is NC(=O)C1CNCCN1C(=O)c1ccc(Oc2ccccc2)cc1. The summed E-state index contributed by atoms with van der Waals surface area (Å²) in [7, 11) is 0. The summed E-state index contributed by atoms with van der Waals surface area (Å²) < 4.78 is 5.71. The zero-order valence-electron chi connectivity index (χ0n) is 13.1. The van der Waals surface area contributed by atoms with Gasteiger partial charge in [-0.1, -0.05) is 18.2 Å². The molecule has 124 valence electrons. The molecule has 0 bridgehead atoms. The molecule has 3 rings (SSSR count). The molecule has 1 aliphatic rings. The van der Waals surface area contributed by atoms with Gasteiger partial charge in [-0.3, -0.25) is 9.59 Å². The number of nitrogens with two attached hydrogens (primary N) is 1. The first-order chi connectivity index (χ1) is 11.6. The van der Waals surface area contributed by atoms with Crippen LogP contribution in [0.15, 0.2) is 54.6 Å². The van der Waals surface area contributed by atoms with Gasteiger partial charge in [-0.15, -0.1) is 0 Å². The minimum Gasteiger partial charge on any atom is -0.457 e. The molecule has 3 N–H and O–H groups in total. The second-order valence-corrected chi connectivity index (χ2v) is 5.56. The second kappa shape index (κ2) is 7.14. The van der Waals surface area contributed by atoms with Crippen LogP contribution < -0.4 is 15.8 Å². The molecule has 1 aliphatic heterocycles. The summed E-state index contributed by atoms with van der Waals surface area (Å²) in [5.41, 5.74) is 5.89. The Kier molecular flexibility index (Phi) is 4.77. The van der Waals surface area contributed by atoms with E-state index in [-0.39, 0.29) is 5.91 Å². The Hall–Kier alpha value is -2.86. The lowest BCUT2D eigenvalue weighted by Crippen LogP contribution is -2.58. The van der Waals surface area contributed by atoms with E-state index in [1.165, 1.54) is 4.90 Å². The summed E-state index contributed by atoms with van der Waals surface area (Å²) in [5.74, 6) is 0.670. The summed E-state index contributed by atoms with van der Waals surface area (Å²) in [4.78, 5) is 25.7. The number of hydrogen-bond acceptors (Lipinski definition) is 4. The van der Waals surface area contributed by atoms with Gasteiger partial charge in [0, 0.05) is 25.2 Å². The van der Waals surface area contributed by atoms with Crippen LogP contribution in [-0.2, 0) is 4.79 Å². The molecule has 1 fully saturated rings. The van der Waals surface area contributed by atoms with Crippen LogP contribution >= 0.6 is 0 Å². The molecular weight excluding hydrogens is 306 g/mol. The van der Waals surface area contributed by atoms with E-state index in [1.54, 1.807) is 24.3 Å². The number of piperazine rings is 1. The Morgan fingerprint density at radius 1 is 1.04 bits per heavy atom. The van der Waals surface area contributed by atoms with Crippen molar-refractivity contribution >= 4 is 11.8 Å². The van der Waals surface area contributed by atoms with E-state index in [9.17, 15) is 9.59 Å². The number of para-hydroxylation sites is 1. The first-order valence-electron chi connectivity index (χ1n) is 7.79. The molecule has 1 atom stereocenters.